The minimum atomic E-state index is 0.709. The van der Waals surface area contributed by atoms with Crippen molar-refractivity contribution in [1.82, 2.24) is 0 Å². The number of nitrogens with zero attached hydrogens (tertiary/aromatic N) is 2. The Bertz CT molecular complexity index is 403. The maximum atomic E-state index is 9.14. The third kappa shape index (κ3) is 1.96. The molecule has 84 valence electrons. The van der Waals surface area contributed by atoms with Gasteiger partial charge >= 0.3 is 0 Å². The normalized spacial score (nSPS) is 15.6. The molecule has 3 nitrogen and oxygen atoms in total. The Morgan fingerprint density at radius 3 is 2.62 bits per heavy atom. The van der Waals surface area contributed by atoms with Crippen LogP contribution in [0.2, 0.25) is 0 Å². The number of rotatable bonds is 2. The second-order valence-electron chi connectivity index (χ2n) is 4.02. The van der Waals surface area contributed by atoms with E-state index in [4.69, 9.17) is 10.00 Å². The van der Waals surface area contributed by atoms with Gasteiger partial charge in [0.25, 0.3) is 0 Å². The van der Waals surface area contributed by atoms with E-state index >= 15 is 0 Å². The van der Waals surface area contributed by atoms with Crippen LogP contribution in [0.25, 0.3) is 0 Å². The Balaban J connectivity index is 2.39. The highest BCUT2D eigenvalue weighted by molar-refractivity contribution is 5.68. The molecule has 3 heteroatoms. The molecule has 2 rings (SSSR count). The molecular weight excluding hydrogens is 200 g/mol. The minimum absolute atomic E-state index is 0.709. The van der Waals surface area contributed by atoms with Gasteiger partial charge in [-0.3, -0.25) is 0 Å². The number of benzene rings is 1. The summed E-state index contributed by atoms with van der Waals surface area (Å²) in [6.07, 6.45) is 3.68. The van der Waals surface area contributed by atoms with E-state index in [9.17, 15) is 0 Å². The number of piperidine rings is 1. The number of anilines is 1. The molecule has 1 fully saturated rings. The van der Waals surface area contributed by atoms with Gasteiger partial charge in [-0.2, -0.15) is 5.26 Å². The van der Waals surface area contributed by atoms with Crippen molar-refractivity contribution in [3.63, 3.8) is 0 Å². The molecule has 1 heterocycles. The van der Waals surface area contributed by atoms with Crippen LogP contribution >= 0.6 is 0 Å². The highest BCUT2D eigenvalue weighted by Crippen LogP contribution is 2.33. The molecule has 0 N–H and O–H groups in total. The Morgan fingerprint density at radius 2 is 2.00 bits per heavy atom. The number of methoxy groups -OCH3 is 1. The molecule has 0 unspecified atom stereocenters. The third-order valence-electron chi connectivity index (χ3n) is 3.01. The number of nitriles is 1. The molecule has 0 radical (unpaired) electrons. The summed E-state index contributed by atoms with van der Waals surface area (Å²) >= 11 is 0. The van der Waals surface area contributed by atoms with E-state index in [2.05, 4.69) is 11.0 Å². The van der Waals surface area contributed by atoms with Crippen molar-refractivity contribution in [2.45, 2.75) is 19.3 Å². The van der Waals surface area contributed by atoms with Gasteiger partial charge in [0.1, 0.15) is 11.8 Å². The molecule has 0 saturated carbocycles. The van der Waals surface area contributed by atoms with Crippen molar-refractivity contribution in [3.8, 4) is 11.8 Å². The molecule has 16 heavy (non-hydrogen) atoms. The molecule has 0 aromatic heterocycles. The average molecular weight is 216 g/mol. The SMILES string of the molecule is COc1cccc(C#N)c1N1CCCCC1. The lowest BCUT2D eigenvalue weighted by atomic mass is 10.1. The number of hydrogen-bond acceptors (Lipinski definition) is 3. The van der Waals surface area contributed by atoms with Crippen molar-refractivity contribution in [2.75, 3.05) is 25.1 Å². The second-order valence-corrected chi connectivity index (χ2v) is 4.02. The summed E-state index contributed by atoms with van der Waals surface area (Å²) in [5, 5.41) is 9.14. The van der Waals surface area contributed by atoms with E-state index in [0.29, 0.717) is 5.56 Å². The standard InChI is InChI=1S/C13H16N2O/c1-16-12-7-5-6-11(10-14)13(12)15-8-3-2-4-9-15/h5-7H,2-4,8-9H2,1H3. The lowest BCUT2D eigenvalue weighted by Gasteiger charge is -2.30. The summed E-state index contributed by atoms with van der Waals surface area (Å²) in [6, 6.07) is 7.89. The summed E-state index contributed by atoms with van der Waals surface area (Å²) in [6.45, 7) is 2.05. The van der Waals surface area contributed by atoms with Crippen LogP contribution in [-0.4, -0.2) is 20.2 Å². The Kier molecular flexibility index (Phi) is 3.31. The fourth-order valence-electron chi connectivity index (χ4n) is 2.22. The number of para-hydroxylation sites is 1. The molecule has 0 aliphatic carbocycles. The summed E-state index contributed by atoms with van der Waals surface area (Å²) in [5.41, 5.74) is 1.67. The van der Waals surface area contributed by atoms with Crippen molar-refractivity contribution < 1.29 is 4.74 Å². The Morgan fingerprint density at radius 1 is 1.25 bits per heavy atom. The lowest BCUT2D eigenvalue weighted by Crippen LogP contribution is -2.30. The zero-order chi connectivity index (χ0) is 11.4. The van der Waals surface area contributed by atoms with Crippen molar-refractivity contribution in [2.24, 2.45) is 0 Å². The summed E-state index contributed by atoms with van der Waals surface area (Å²) in [7, 11) is 1.66. The maximum absolute atomic E-state index is 9.14. The Labute approximate surface area is 96.2 Å². The van der Waals surface area contributed by atoms with Crippen LogP contribution in [0.15, 0.2) is 18.2 Å². The largest absolute Gasteiger partial charge is 0.495 e. The molecule has 0 amide bonds. The van der Waals surface area contributed by atoms with Gasteiger partial charge in [0.05, 0.1) is 18.4 Å². The van der Waals surface area contributed by atoms with E-state index < -0.39 is 0 Å². The minimum Gasteiger partial charge on any atom is -0.495 e. The van der Waals surface area contributed by atoms with Gasteiger partial charge in [-0.1, -0.05) is 6.07 Å². The van der Waals surface area contributed by atoms with Crippen molar-refractivity contribution in [3.05, 3.63) is 23.8 Å². The fraction of sp³-hybridized carbons (Fsp3) is 0.462. The molecule has 1 saturated heterocycles. The first-order chi connectivity index (χ1) is 7.86. The predicted octanol–water partition coefficient (Wildman–Crippen LogP) is 2.56. The van der Waals surface area contributed by atoms with E-state index in [1.165, 1.54) is 19.3 Å². The molecule has 1 aliphatic rings. The molecule has 0 spiro atoms. The zero-order valence-corrected chi connectivity index (χ0v) is 9.57. The van der Waals surface area contributed by atoms with Crippen LogP contribution in [-0.2, 0) is 0 Å². The summed E-state index contributed by atoms with van der Waals surface area (Å²) in [4.78, 5) is 2.26. The Hall–Kier alpha value is -1.69. The van der Waals surface area contributed by atoms with Crippen LogP contribution in [0, 0.1) is 11.3 Å². The highest BCUT2D eigenvalue weighted by atomic mass is 16.5. The fourth-order valence-corrected chi connectivity index (χ4v) is 2.22. The van der Waals surface area contributed by atoms with E-state index in [-0.39, 0.29) is 0 Å². The molecule has 1 aliphatic heterocycles. The predicted molar refractivity (Wildman–Crippen MR) is 63.8 cm³/mol. The van der Waals surface area contributed by atoms with Crippen LogP contribution < -0.4 is 9.64 Å². The first-order valence-corrected chi connectivity index (χ1v) is 5.69. The monoisotopic (exact) mass is 216 g/mol. The maximum Gasteiger partial charge on any atom is 0.143 e. The lowest BCUT2D eigenvalue weighted by molar-refractivity contribution is 0.412. The van der Waals surface area contributed by atoms with Crippen molar-refractivity contribution in [1.29, 1.82) is 5.26 Å². The summed E-state index contributed by atoms with van der Waals surface area (Å²) < 4.78 is 5.35. The first-order valence-electron chi connectivity index (χ1n) is 5.69. The van der Waals surface area contributed by atoms with Crippen LogP contribution in [0.5, 0.6) is 5.75 Å². The van der Waals surface area contributed by atoms with Gasteiger partial charge in [0.2, 0.25) is 0 Å². The molecule has 1 aromatic rings. The van der Waals surface area contributed by atoms with Crippen LogP contribution in [0.1, 0.15) is 24.8 Å². The molecule has 0 atom stereocenters. The van der Waals surface area contributed by atoms with Gasteiger partial charge in [0.15, 0.2) is 0 Å². The number of hydrogen-bond donors (Lipinski definition) is 0. The van der Waals surface area contributed by atoms with Crippen molar-refractivity contribution >= 4 is 5.69 Å². The molecule has 0 bridgehead atoms. The third-order valence-corrected chi connectivity index (χ3v) is 3.01. The van der Waals surface area contributed by atoms with Gasteiger partial charge in [0, 0.05) is 13.1 Å². The number of ether oxygens (including phenoxy) is 1. The topological polar surface area (TPSA) is 36.3 Å². The smallest absolute Gasteiger partial charge is 0.143 e. The first kappa shape index (κ1) is 10.8. The molecule has 1 aromatic carbocycles. The second kappa shape index (κ2) is 4.89. The highest BCUT2D eigenvalue weighted by Gasteiger charge is 2.18. The van der Waals surface area contributed by atoms with E-state index in [0.717, 1.165) is 24.5 Å². The van der Waals surface area contributed by atoms with Crippen LogP contribution in [0.3, 0.4) is 0 Å². The van der Waals surface area contributed by atoms with Gasteiger partial charge < -0.3 is 9.64 Å². The van der Waals surface area contributed by atoms with Gasteiger partial charge in [-0.05, 0) is 31.4 Å². The zero-order valence-electron chi connectivity index (χ0n) is 9.57. The van der Waals surface area contributed by atoms with Gasteiger partial charge in [-0.25, -0.2) is 0 Å². The van der Waals surface area contributed by atoms with E-state index in [1.54, 1.807) is 7.11 Å². The molecular formula is C13H16N2O. The quantitative estimate of drug-likeness (QED) is 0.762. The van der Waals surface area contributed by atoms with Crippen LogP contribution in [0.4, 0.5) is 5.69 Å². The summed E-state index contributed by atoms with van der Waals surface area (Å²) in [5.74, 6) is 0.806. The van der Waals surface area contributed by atoms with E-state index in [1.807, 2.05) is 18.2 Å². The average Bonchev–Trinajstić information content (AvgIpc) is 2.38. The van der Waals surface area contributed by atoms with Gasteiger partial charge in [-0.15, -0.1) is 0 Å².